The lowest BCUT2D eigenvalue weighted by atomic mass is 10.1. The Bertz CT molecular complexity index is 365. The zero-order chi connectivity index (χ0) is 11.5. The maximum atomic E-state index is 12.0. The number of hydrogen-bond donors (Lipinski definition) is 0. The fourth-order valence-electron chi connectivity index (χ4n) is 2.42. The van der Waals surface area contributed by atoms with E-state index in [0.29, 0.717) is 6.04 Å². The Hall–Kier alpha value is -1.31. The van der Waals surface area contributed by atoms with Crippen molar-refractivity contribution < 1.29 is 4.79 Å². The molecule has 2 aliphatic rings. The monoisotopic (exact) mass is 217 g/mol. The summed E-state index contributed by atoms with van der Waals surface area (Å²) in [6.45, 7) is 6.74. The van der Waals surface area contributed by atoms with Crippen LogP contribution in [-0.4, -0.2) is 23.4 Å². The highest BCUT2D eigenvalue weighted by molar-refractivity contribution is 5.88. The van der Waals surface area contributed by atoms with Gasteiger partial charge in [0.15, 0.2) is 0 Å². The van der Waals surface area contributed by atoms with Crippen LogP contribution in [0.5, 0.6) is 0 Å². The van der Waals surface area contributed by atoms with Crippen molar-refractivity contribution in [3.8, 4) is 0 Å². The van der Waals surface area contributed by atoms with Gasteiger partial charge >= 0.3 is 0 Å². The Balaban J connectivity index is 2.21. The number of allylic oxidation sites excluding steroid dienone is 2. The van der Waals surface area contributed by atoms with Crippen LogP contribution in [0.4, 0.5) is 0 Å². The minimum absolute atomic E-state index is 0.163. The molecule has 86 valence electrons. The maximum absolute atomic E-state index is 12.0. The van der Waals surface area contributed by atoms with E-state index in [4.69, 9.17) is 0 Å². The molecule has 2 heteroatoms. The van der Waals surface area contributed by atoms with Gasteiger partial charge in [-0.2, -0.15) is 0 Å². The topological polar surface area (TPSA) is 20.3 Å². The number of rotatable bonds is 1. The van der Waals surface area contributed by atoms with E-state index >= 15 is 0 Å². The zero-order valence-electron chi connectivity index (χ0n) is 9.91. The normalized spacial score (nSPS) is 25.6. The number of carbonyl (C=O) groups excluding carboxylic acids is 1. The van der Waals surface area contributed by atoms with Crippen LogP contribution in [-0.2, 0) is 4.79 Å². The smallest absolute Gasteiger partial charge is 0.246 e. The van der Waals surface area contributed by atoms with Crippen LogP contribution in [0.2, 0.25) is 0 Å². The van der Waals surface area contributed by atoms with Crippen molar-refractivity contribution in [1.82, 2.24) is 4.90 Å². The molecule has 0 saturated heterocycles. The summed E-state index contributed by atoms with van der Waals surface area (Å²) < 4.78 is 0. The first-order valence-electron chi connectivity index (χ1n) is 6.00. The molecule has 0 bridgehead atoms. The molecule has 0 N–H and O–H groups in total. The lowest BCUT2D eigenvalue weighted by Gasteiger charge is -2.28. The molecule has 2 aliphatic heterocycles. The van der Waals surface area contributed by atoms with Gasteiger partial charge in [0, 0.05) is 12.6 Å². The van der Waals surface area contributed by atoms with Crippen molar-refractivity contribution in [2.24, 2.45) is 0 Å². The summed E-state index contributed by atoms with van der Waals surface area (Å²) in [4.78, 5) is 14.0. The summed E-state index contributed by atoms with van der Waals surface area (Å²) >= 11 is 0. The minimum Gasteiger partial charge on any atom is -0.332 e. The number of fused-ring (bicyclic) bond motifs is 1. The highest BCUT2D eigenvalue weighted by Gasteiger charge is 2.25. The minimum atomic E-state index is 0.163. The van der Waals surface area contributed by atoms with Crippen LogP contribution in [0.1, 0.15) is 32.6 Å². The molecule has 1 atom stereocenters. The molecule has 1 amide bonds. The summed E-state index contributed by atoms with van der Waals surface area (Å²) in [5, 5.41) is 0. The molecular weight excluding hydrogens is 198 g/mol. The Kier molecular flexibility index (Phi) is 3.28. The predicted molar refractivity (Wildman–Crippen MR) is 66.0 cm³/mol. The standard InChI is InChI=1S/C14H19NO/c1-11(2)12-6-5-8-13-7-3-4-9-14(16)15(13)10-12/h4,6,9,13H,1,3,5,7-8,10H2,2H3. The van der Waals surface area contributed by atoms with Crippen molar-refractivity contribution >= 4 is 5.91 Å². The first-order chi connectivity index (χ1) is 7.68. The summed E-state index contributed by atoms with van der Waals surface area (Å²) in [6.07, 6.45) is 10.2. The molecule has 1 unspecified atom stereocenters. The molecule has 0 radical (unpaired) electrons. The Labute approximate surface area is 97.3 Å². The van der Waals surface area contributed by atoms with Gasteiger partial charge in [-0.25, -0.2) is 0 Å². The molecule has 16 heavy (non-hydrogen) atoms. The van der Waals surface area contributed by atoms with Gasteiger partial charge in [-0.05, 0) is 44.3 Å². The number of hydrogen-bond acceptors (Lipinski definition) is 1. The maximum Gasteiger partial charge on any atom is 0.246 e. The van der Waals surface area contributed by atoms with Gasteiger partial charge in [-0.3, -0.25) is 4.79 Å². The molecule has 2 rings (SSSR count). The Morgan fingerprint density at radius 3 is 2.94 bits per heavy atom. The third kappa shape index (κ3) is 2.26. The van der Waals surface area contributed by atoms with E-state index in [2.05, 4.69) is 12.7 Å². The molecule has 0 aromatic carbocycles. The SMILES string of the molecule is C=C(C)C1=CCCC2CCC=CC(=O)N2C1. The van der Waals surface area contributed by atoms with Crippen molar-refractivity contribution in [2.75, 3.05) is 6.54 Å². The average molecular weight is 217 g/mol. The van der Waals surface area contributed by atoms with E-state index in [9.17, 15) is 4.79 Å². The first-order valence-corrected chi connectivity index (χ1v) is 6.00. The number of amides is 1. The summed E-state index contributed by atoms with van der Waals surface area (Å²) in [6, 6.07) is 0.413. The zero-order valence-corrected chi connectivity index (χ0v) is 9.91. The molecule has 0 fully saturated rings. The molecule has 0 aromatic rings. The summed E-state index contributed by atoms with van der Waals surface area (Å²) in [5.41, 5.74) is 2.31. The second kappa shape index (κ2) is 4.69. The lowest BCUT2D eigenvalue weighted by molar-refractivity contribution is -0.127. The van der Waals surface area contributed by atoms with Crippen LogP contribution in [0.15, 0.2) is 36.0 Å². The summed E-state index contributed by atoms with van der Waals surface area (Å²) in [7, 11) is 0. The number of nitrogens with zero attached hydrogens (tertiary/aromatic N) is 1. The number of carbonyl (C=O) groups is 1. The third-order valence-electron chi connectivity index (χ3n) is 3.43. The van der Waals surface area contributed by atoms with Gasteiger partial charge in [0.05, 0.1) is 0 Å². The second-order valence-corrected chi connectivity index (χ2v) is 4.69. The van der Waals surface area contributed by atoms with E-state index in [1.807, 2.05) is 17.9 Å². The first kappa shape index (κ1) is 11.2. The van der Waals surface area contributed by atoms with Gasteiger partial charge < -0.3 is 4.90 Å². The Morgan fingerprint density at radius 2 is 2.19 bits per heavy atom. The lowest BCUT2D eigenvalue weighted by Crippen LogP contribution is -2.39. The van der Waals surface area contributed by atoms with E-state index in [0.717, 1.165) is 37.8 Å². The molecule has 0 aliphatic carbocycles. The molecular formula is C14H19NO. The van der Waals surface area contributed by atoms with E-state index in [1.165, 1.54) is 5.57 Å². The van der Waals surface area contributed by atoms with Crippen LogP contribution in [0, 0.1) is 0 Å². The van der Waals surface area contributed by atoms with Gasteiger partial charge in [-0.1, -0.05) is 24.3 Å². The fourth-order valence-corrected chi connectivity index (χ4v) is 2.42. The molecule has 0 spiro atoms. The van der Waals surface area contributed by atoms with E-state index < -0.39 is 0 Å². The van der Waals surface area contributed by atoms with Crippen molar-refractivity contribution in [1.29, 1.82) is 0 Å². The second-order valence-electron chi connectivity index (χ2n) is 4.69. The van der Waals surface area contributed by atoms with E-state index in [-0.39, 0.29) is 5.91 Å². The van der Waals surface area contributed by atoms with Crippen LogP contribution in [0.25, 0.3) is 0 Å². The highest BCUT2D eigenvalue weighted by atomic mass is 16.2. The van der Waals surface area contributed by atoms with Crippen LogP contribution in [0.3, 0.4) is 0 Å². The highest BCUT2D eigenvalue weighted by Crippen LogP contribution is 2.25. The van der Waals surface area contributed by atoms with Gasteiger partial charge in [0.1, 0.15) is 0 Å². The van der Waals surface area contributed by atoms with Crippen molar-refractivity contribution in [3.63, 3.8) is 0 Å². The fraction of sp³-hybridized carbons (Fsp3) is 0.500. The summed E-state index contributed by atoms with van der Waals surface area (Å²) in [5.74, 6) is 0.163. The molecule has 0 saturated carbocycles. The van der Waals surface area contributed by atoms with Gasteiger partial charge in [0.25, 0.3) is 0 Å². The van der Waals surface area contributed by atoms with Crippen LogP contribution >= 0.6 is 0 Å². The largest absolute Gasteiger partial charge is 0.332 e. The third-order valence-corrected chi connectivity index (χ3v) is 3.43. The van der Waals surface area contributed by atoms with Gasteiger partial charge in [0.2, 0.25) is 5.91 Å². The quantitative estimate of drug-likeness (QED) is 0.661. The molecule has 2 nitrogen and oxygen atoms in total. The van der Waals surface area contributed by atoms with Crippen molar-refractivity contribution in [2.45, 2.75) is 38.6 Å². The Morgan fingerprint density at radius 1 is 1.44 bits per heavy atom. The average Bonchev–Trinajstić information content (AvgIpc) is 2.53. The van der Waals surface area contributed by atoms with Crippen LogP contribution < -0.4 is 0 Å². The predicted octanol–water partition coefficient (Wildman–Crippen LogP) is 2.83. The van der Waals surface area contributed by atoms with Gasteiger partial charge in [-0.15, -0.1) is 0 Å². The van der Waals surface area contributed by atoms with Crippen molar-refractivity contribution in [3.05, 3.63) is 36.0 Å². The molecule has 0 aromatic heterocycles. The van der Waals surface area contributed by atoms with E-state index in [1.54, 1.807) is 6.08 Å². The molecule has 2 heterocycles.